The number of esters is 1. The lowest BCUT2D eigenvalue weighted by Crippen LogP contribution is -2.38. The molecule has 2 aromatic carbocycles. The number of ether oxygens (including phenoxy) is 3. The molecule has 2 heterocycles. The SMILES string of the molecule is COc1cc2c(cc1OC)CN(C(=O)COC(=O)c1c(C)nn(-c3ccccc3)c1Cl)CC2. The Morgan fingerprint density at radius 3 is 2.39 bits per heavy atom. The molecule has 172 valence electrons. The number of methoxy groups -OCH3 is 2. The number of hydrogen-bond donors (Lipinski definition) is 0. The Labute approximate surface area is 196 Å². The van der Waals surface area contributed by atoms with Crippen LogP contribution in [0.3, 0.4) is 0 Å². The molecule has 9 heteroatoms. The molecule has 0 spiro atoms. The molecule has 1 aromatic heterocycles. The van der Waals surface area contributed by atoms with Gasteiger partial charge in [-0.2, -0.15) is 5.10 Å². The fourth-order valence-corrected chi connectivity index (χ4v) is 4.21. The van der Waals surface area contributed by atoms with Crippen molar-refractivity contribution in [3.05, 3.63) is 70.0 Å². The number of carbonyl (C=O) groups is 2. The van der Waals surface area contributed by atoms with Crippen LogP contribution < -0.4 is 9.47 Å². The van der Waals surface area contributed by atoms with Crippen LogP contribution in [-0.4, -0.2) is 53.9 Å². The van der Waals surface area contributed by atoms with Crippen LogP contribution in [0.2, 0.25) is 5.15 Å². The first-order chi connectivity index (χ1) is 15.9. The Balaban J connectivity index is 1.43. The molecule has 33 heavy (non-hydrogen) atoms. The van der Waals surface area contributed by atoms with Crippen molar-refractivity contribution in [2.24, 2.45) is 0 Å². The lowest BCUT2D eigenvalue weighted by Gasteiger charge is -2.29. The van der Waals surface area contributed by atoms with E-state index in [1.807, 2.05) is 42.5 Å². The topological polar surface area (TPSA) is 82.9 Å². The van der Waals surface area contributed by atoms with Crippen LogP contribution in [0.5, 0.6) is 11.5 Å². The van der Waals surface area contributed by atoms with Gasteiger partial charge in [0.15, 0.2) is 18.1 Å². The third-order valence-corrected chi connectivity index (χ3v) is 5.96. The first-order valence-electron chi connectivity index (χ1n) is 10.4. The number of benzene rings is 2. The van der Waals surface area contributed by atoms with Crippen molar-refractivity contribution in [1.29, 1.82) is 0 Å². The minimum atomic E-state index is -0.683. The van der Waals surface area contributed by atoms with Gasteiger partial charge in [-0.05, 0) is 48.7 Å². The highest BCUT2D eigenvalue weighted by Gasteiger charge is 2.26. The predicted molar refractivity (Wildman–Crippen MR) is 122 cm³/mol. The van der Waals surface area contributed by atoms with E-state index in [1.54, 1.807) is 26.0 Å². The first-order valence-corrected chi connectivity index (χ1v) is 10.8. The summed E-state index contributed by atoms with van der Waals surface area (Å²) in [5.74, 6) is 0.302. The second-order valence-corrected chi connectivity index (χ2v) is 7.97. The fourth-order valence-electron chi connectivity index (χ4n) is 3.86. The third kappa shape index (κ3) is 4.52. The molecule has 0 saturated heterocycles. The Morgan fingerprint density at radius 2 is 1.73 bits per heavy atom. The highest BCUT2D eigenvalue weighted by atomic mass is 35.5. The van der Waals surface area contributed by atoms with Gasteiger partial charge in [0.1, 0.15) is 10.7 Å². The number of amides is 1. The van der Waals surface area contributed by atoms with E-state index >= 15 is 0 Å². The number of carbonyl (C=O) groups excluding carboxylic acids is 2. The van der Waals surface area contributed by atoms with Crippen LogP contribution in [0, 0.1) is 6.92 Å². The van der Waals surface area contributed by atoms with Gasteiger partial charge in [0.25, 0.3) is 5.91 Å². The highest BCUT2D eigenvalue weighted by Crippen LogP contribution is 2.33. The van der Waals surface area contributed by atoms with E-state index in [2.05, 4.69) is 5.10 Å². The van der Waals surface area contributed by atoms with Crippen molar-refractivity contribution < 1.29 is 23.8 Å². The van der Waals surface area contributed by atoms with Crippen LogP contribution >= 0.6 is 11.6 Å². The third-order valence-electron chi connectivity index (χ3n) is 5.61. The second kappa shape index (κ2) is 9.54. The molecule has 3 aromatic rings. The number of aryl methyl sites for hydroxylation is 1. The van der Waals surface area contributed by atoms with E-state index in [1.165, 1.54) is 4.68 Å². The zero-order valence-electron chi connectivity index (χ0n) is 18.6. The smallest absolute Gasteiger partial charge is 0.343 e. The molecule has 0 bridgehead atoms. The molecule has 0 fully saturated rings. The number of para-hydroxylation sites is 1. The van der Waals surface area contributed by atoms with E-state index in [0.717, 1.165) is 16.8 Å². The lowest BCUT2D eigenvalue weighted by molar-refractivity contribution is -0.135. The standard InChI is InChI=1S/C24H24ClN3O5/c1-15-22(23(25)28(26-15)18-7-5-4-6-8-18)24(30)33-14-21(29)27-10-9-16-11-19(31-2)20(32-3)12-17(16)13-27/h4-8,11-12H,9-10,13-14H2,1-3H3. The Bertz CT molecular complexity index is 1190. The van der Waals surface area contributed by atoms with Crippen LogP contribution in [-0.2, 0) is 22.5 Å². The van der Waals surface area contributed by atoms with Crippen molar-refractivity contribution in [3.8, 4) is 17.2 Å². The molecule has 4 rings (SSSR count). The van der Waals surface area contributed by atoms with Gasteiger partial charge in [-0.15, -0.1) is 0 Å². The number of rotatable bonds is 6. The minimum Gasteiger partial charge on any atom is -0.493 e. The summed E-state index contributed by atoms with van der Waals surface area (Å²) < 4.78 is 17.5. The van der Waals surface area contributed by atoms with Crippen LogP contribution in [0.1, 0.15) is 27.2 Å². The molecule has 0 unspecified atom stereocenters. The summed E-state index contributed by atoms with van der Waals surface area (Å²) >= 11 is 6.41. The maximum absolute atomic E-state index is 12.8. The van der Waals surface area contributed by atoms with E-state index < -0.39 is 5.97 Å². The number of fused-ring (bicyclic) bond motifs is 1. The highest BCUT2D eigenvalue weighted by molar-refractivity contribution is 6.33. The molecular weight excluding hydrogens is 446 g/mol. The average Bonchev–Trinajstić information content (AvgIpc) is 3.15. The second-order valence-electron chi connectivity index (χ2n) is 7.62. The van der Waals surface area contributed by atoms with Gasteiger partial charge >= 0.3 is 5.97 Å². The molecule has 0 atom stereocenters. The molecular formula is C24H24ClN3O5. The van der Waals surface area contributed by atoms with E-state index in [-0.39, 0.29) is 23.2 Å². The molecule has 1 aliphatic heterocycles. The zero-order chi connectivity index (χ0) is 23.5. The Hall–Kier alpha value is -3.52. The monoisotopic (exact) mass is 469 g/mol. The van der Waals surface area contributed by atoms with Crippen LogP contribution in [0.4, 0.5) is 0 Å². The first kappa shape index (κ1) is 22.7. The molecule has 0 N–H and O–H groups in total. The van der Waals surface area contributed by atoms with Crippen molar-refractivity contribution in [3.63, 3.8) is 0 Å². The van der Waals surface area contributed by atoms with Crippen molar-refractivity contribution in [1.82, 2.24) is 14.7 Å². The van der Waals surface area contributed by atoms with Crippen molar-refractivity contribution >= 4 is 23.5 Å². The van der Waals surface area contributed by atoms with Gasteiger partial charge in [-0.3, -0.25) is 4.79 Å². The molecule has 1 amide bonds. The van der Waals surface area contributed by atoms with E-state index in [9.17, 15) is 9.59 Å². The van der Waals surface area contributed by atoms with Crippen LogP contribution in [0.25, 0.3) is 5.69 Å². The summed E-state index contributed by atoms with van der Waals surface area (Å²) in [6.45, 7) is 2.21. The molecule has 1 aliphatic rings. The summed E-state index contributed by atoms with van der Waals surface area (Å²) in [4.78, 5) is 27.1. The Kier molecular flexibility index (Phi) is 6.55. The number of nitrogens with zero attached hydrogens (tertiary/aromatic N) is 3. The average molecular weight is 470 g/mol. The lowest BCUT2D eigenvalue weighted by atomic mass is 9.99. The summed E-state index contributed by atoms with van der Waals surface area (Å²) in [7, 11) is 3.16. The number of aromatic nitrogens is 2. The van der Waals surface area contributed by atoms with Gasteiger partial charge in [-0.1, -0.05) is 29.8 Å². The molecule has 0 saturated carbocycles. The van der Waals surface area contributed by atoms with Crippen molar-refractivity contribution in [2.45, 2.75) is 19.9 Å². The van der Waals surface area contributed by atoms with Gasteiger partial charge in [0, 0.05) is 13.1 Å². The number of hydrogen-bond acceptors (Lipinski definition) is 6. The maximum Gasteiger partial charge on any atom is 0.343 e. The molecule has 8 nitrogen and oxygen atoms in total. The summed E-state index contributed by atoms with van der Waals surface area (Å²) in [5.41, 5.74) is 3.37. The van der Waals surface area contributed by atoms with E-state index in [0.29, 0.717) is 36.7 Å². The van der Waals surface area contributed by atoms with Crippen molar-refractivity contribution in [2.75, 3.05) is 27.4 Å². The van der Waals surface area contributed by atoms with Gasteiger partial charge in [-0.25, -0.2) is 9.48 Å². The fraction of sp³-hybridized carbons (Fsp3) is 0.292. The minimum absolute atomic E-state index is 0.143. The molecule has 0 radical (unpaired) electrons. The largest absolute Gasteiger partial charge is 0.493 e. The van der Waals surface area contributed by atoms with Gasteiger partial charge in [0.05, 0.1) is 25.6 Å². The van der Waals surface area contributed by atoms with Gasteiger partial charge < -0.3 is 19.1 Å². The molecule has 0 aliphatic carbocycles. The zero-order valence-corrected chi connectivity index (χ0v) is 19.4. The summed E-state index contributed by atoms with van der Waals surface area (Å²) in [5, 5.41) is 4.48. The van der Waals surface area contributed by atoms with Gasteiger partial charge in [0.2, 0.25) is 0 Å². The van der Waals surface area contributed by atoms with Crippen LogP contribution in [0.15, 0.2) is 42.5 Å². The quantitative estimate of drug-likeness (QED) is 0.513. The number of halogens is 1. The maximum atomic E-state index is 12.8. The van der Waals surface area contributed by atoms with E-state index in [4.69, 9.17) is 25.8 Å². The summed E-state index contributed by atoms with van der Waals surface area (Å²) in [6, 6.07) is 13.0. The summed E-state index contributed by atoms with van der Waals surface area (Å²) in [6.07, 6.45) is 0.671. The Morgan fingerprint density at radius 1 is 1.06 bits per heavy atom. The predicted octanol–water partition coefficient (Wildman–Crippen LogP) is 3.59. The normalized spacial score (nSPS) is 12.8.